The van der Waals surface area contributed by atoms with Crippen molar-refractivity contribution in [1.29, 1.82) is 0 Å². The van der Waals surface area contributed by atoms with Crippen LogP contribution >= 0.6 is 0 Å². The van der Waals surface area contributed by atoms with Crippen molar-refractivity contribution in [2.45, 2.75) is 46.1 Å². The topological polar surface area (TPSA) is 60.1 Å². The number of fused-ring (bicyclic) bond motifs is 1. The zero-order valence-electron chi connectivity index (χ0n) is 15.1. The Morgan fingerprint density at radius 3 is 2.92 bits per heavy atom. The van der Waals surface area contributed by atoms with Gasteiger partial charge in [0.2, 0.25) is 5.91 Å². The first-order valence-electron chi connectivity index (χ1n) is 8.77. The molecule has 5 heteroatoms. The van der Waals surface area contributed by atoms with Crippen molar-refractivity contribution in [1.82, 2.24) is 14.9 Å². The van der Waals surface area contributed by atoms with E-state index in [9.17, 15) is 4.79 Å². The summed E-state index contributed by atoms with van der Waals surface area (Å²) in [6, 6.07) is 4.23. The number of aromatic nitrogens is 2. The lowest BCUT2D eigenvalue weighted by atomic mass is 9.95. The molecule has 0 bridgehead atoms. The molecule has 0 saturated heterocycles. The van der Waals surface area contributed by atoms with Gasteiger partial charge >= 0.3 is 0 Å². The van der Waals surface area contributed by atoms with Crippen molar-refractivity contribution in [3.63, 3.8) is 0 Å². The lowest BCUT2D eigenvalue weighted by Crippen LogP contribution is -2.26. The van der Waals surface area contributed by atoms with Crippen LogP contribution in [0.2, 0.25) is 0 Å². The molecule has 132 valence electrons. The van der Waals surface area contributed by atoms with Crippen molar-refractivity contribution in [3.8, 4) is 0 Å². The third-order valence-corrected chi connectivity index (χ3v) is 4.49. The van der Waals surface area contributed by atoms with Crippen molar-refractivity contribution in [3.05, 3.63) is 53.8 Å². The van der Waals surface area contributed by atoms with Crippen molar-refractivity contribution in [2.24, 2.45) is 0 Å². The van der Waals surface area contributed by atoms with Gasteiger partial charge in [0, 0.05) is 36.4 Å². The van der Waals surface area contributed by atoms with Crippen LogP contribution in [0.15, 0.2) is 41.5 Å². The number of imidazole rings is 1. The third kappa shape index (κ3) is 4.10. The zero-order valence-corrected chi connectivity index (χ0v) is 15.1. The molecule has 1 amide bonds. The minimum absolute atomic E-state index is 0.0278. The molecule has 0 unspecified atom stereocenters. The second kappa shape index (κ2) is 7.55. The number of furan rings is 1. The highest BCUT2D eigenvalue weighted by Gasteiger charge is 2.13. The number of hydrogen-bond acceptors (Lipinski definition) is 3. The van der Waals surface area contributed by atoms with Gasteiger partial charge in [0.25, 0.3) is 0 Å². The van der Waals surface area contributed by atoms with Crippen molar-refractivity contribution in [2.75, 3.05) is 6.54 Å². The number of nitrogens with zero attached hydrogens (tertiary/aromatic N) is 2. The zero-order chi connectivity index (χ0) is 17.8. The Bertz CT molecular complexity index is 847. The minimum atomic E-state index is 0.0278. The number of nitrogens with one attached hydrogen (secondary N) is 1. The quantitative estimate of drug-likeness (QED) is 0.666. The molecule has 0 atom stereocenters. The molecule has 0 aliphatic heterocycles. The molecular formula is C20H25N3O2. The fourth-order valence-electron chi connectivity index (χ4n) is 3.15. The maximum Gasteiger partial charge on any atom is 0.224 e. The van der Waals surface area contributed by atoms with E-state index in [4.69, 9.17) is 4.42 Å². The second-order valence-corrected chi connectivity index (χ2v) is 6.80. The van der Waals surface area contributed by atoms with Crippen LogP contribution in [0.1, 0.15) is 42.9 Å². The number of carbonyl (C=O) groups is 1. The van der Waals surface area contributed by atoms with Crippen LogP contribution < -0.4 is 5.32 Å². The summed E-state index contributed by atoms with van der Waals surface area (Å²) >= 11 is 0. The lowest BCUT2D eigenvalue weighted by molar-refractivity contribution is -0.120. The van der Waals surface area contributed by atoms with E-state index in [1.807, 2.05) is 10.8 Å². The maximum absolute atomic E-state index is 12.2. The normalized spacial score (nSPS) is 11.4. The van der Waals surface area contributed by atoms with E-state index in [0.717, 1.165) is 29.5 Å². The van der Waals surface area contributed by atoms with Crippen LogP contribution in [0, 0.1) is 6.92 Å². The average Bonchev–Trinajstić information content (AvgIpc) is 3.21. The molecule has 1 N–H and O–H groups in total. The van der Waals surface area contributed by atoms with Gasteiger partial charge < -0.3 is 14.3 Å². The first kappa shape index (κ1) is 17.3. The number of hydrogen-bond donors (Lipinski definition) is 1. The van der Waals surface area contributed by atoms with E-state index in [-0.39, 0.29) is 5.91 Å². The Hall–Kier alpha value is -2.56. The summed E-state index contributed by atoms with van der Waals surface area (Å²) in [6.45, 7) is 7.97. The van der Waals surface area contributed by atoms with Crippen LogP contribution in [0.25, 0.3) is 11.0 Å². The van der Waals surface area contributed by atoms with E-state index < -0.39 is 0 Å². The largest absolute Gasteiger partial charge is 0.464 e. The molecule has 2 heterocycles. The summed E-state index contributed by atoms with van der Waals surface area (Å²) < 4.78 is 7.66. The molecule has 3 aromatic rings. The molecule has 0 spiro atoms. The Balaban J connectivity index is 1.60. The van der Waals surface area contributed by atoms with Gasteiger partial charge in [0.1, 0.15) is 5.58 Å². The van der Waals surface area contributed by atoms with Gasteiger partial charge in [0.15, 0.2) is 0 Å². The smallest absolute Gasteiger partial charge is 0.224 e. The molecule has 5 nitrogen and oxygen atoms in total. The lowest BCUT2D eigenvalue weighted by Gasteiger charge is -2.10. The van der Waals surface area contributed by atoms with Crippen LogP contribution in [-0.2, 0) is 17.8 Å². The Labute approximate surface area is 148 Å². The Kier molecular flexibility index (Phi) is 5.22. The summed E-state index contributed by atoms with van der Waals surface area (Å²) in [7, 11) is 0. The van der Waals surface area contributed by atoms with E-state index in [1.54, 1.807) is 18.8 Å². The summed E-state index contributed by atoms with van der Waals surface area (Å²) in [5, 5.41) is 4.03. The maximum atomic E-state index is 12.2. The highest BCUT2D eigenvalue weighted by molar-refractivity contribution is 5.88. The average molecular weight is 339 g/mol. The number of aryl methyl sites for hydroxylation is 2. The number of amides is 1. The highest BCUT2D eigenvalue weighted by atomic mass is 16.3. The molecule has 25 heavy (non-hydrogen) atoms. The van der Waals surface area contributed by atoms with Gasteiger partial charge in [-0.05, 0) is 42.5 Å². The molecule has 0 fully saturated rings. The standard InChI is InChI=1S/C20H25N3O2/c1-14(2)17-11-18-16(12-25-19(18)9-15(17)3)10-20(24)22-5-4-7-23-8-6-21-13-23/h6,8-9,11-14H,4-5,7,10H2,1-3H3,(H,22,24). The first-order valence-corrected chi connectivity index (χ1v) is 8.77. The van der Waals surface area contributed by atoms with Gasteiger partial charge in [-0.1, -0.05) is 13.8 Å². The van der Waals surface area contributed by atoms with Crippen molar-refractivity contribution >= 4 is 16.9 Å². The molecule has 0 aliphatic rings. The number of rotatable bonds is 7. The van der Waals surface area contributed by atoms with Crippen LogP contribution in [0.4, 0.5) is 0 Å². The number of benzene rings is 1. The van der Waals surface area contributed by atoms with Gasteiger partial charge in [-0.25, -0.2) is 4.98 Å². The van der Waals surface area contributed by atoms with E-state index >= 15 is 0 Å². The van der Waals surface area contributed by atoms with Crippen LogP contribution in [0.5, 0.6) is 0 Å². The van der Waals surface area contributed by atoms with Crippen molar-refractivity contribution < 1.29 is 9.21 Å². The third-order valence-electron chi connectivity index (χ3n) is 4.49. The summed E-state index contributed by atoms with van der Waals surface area (Å²) in [4.78, 5) is 16.2. The van der Waals surface area contributed by atoms with E-state index in [0.29, 0.717) is 18.9 Å². The van der Waals surface area contributed by atoms with Gasteiger partial charge in [0.05, 0.1) is 19.0 Å². The SMILES string of the molecule is Cc1cc2occ(CC(=O)NCCCn3ccnc3)c2cc1C(C)C. The molecule has 3 rings (SSSR count). The Morgan fingerprint density at radius 1 is 1.36 bits per heavy atom. The monoisotopic (exact) mass is 339 g/mol. The molecule has 0 radical (unpaired) electrons. The van der Waals surface area contributed by atoms with E-state index in [1.165, 1.54) is 11.1 Å². The van der Waals surface area contributed by atoms with Gasteiger partial charge in [-0.3, -0.25) is 4.79 Å². The number of carbonyl (C=O) groups excluding carboxylic acids is 1. The first-order chi connectivity index (χ1) is 12.0. The summed E-state index contributed by atoms with van der Waals surface area (Å²) in [5.41, 5.74) is 4.33. The fraction of sp³-hybridized carbons (Fsp3) is 0.400. The second-order valence-electron chi connectivity index (χ2n) is 6.80. The minimum Gasteiger partial charge on any atom is -0.464 e. The molecule has 0 saturated carbocycles. The van der Waals surface area contributed by atoms with Gasteiger partial charge in [-0.15, -0.1) is 0 Å². The highest BCUT2D eigenvalue weighted by Crippen LogP contribution is 2.29. The molecular weight excluding hydrogens is 314 g/mol. The van der Waals surface area contributed by atoms with Gasteiger partial charge in [-0.2, -0.15) is 0 Å². The molecule has 2 aromatic heterocycles. The predicted molar refractivity (Wildman–Crippen MR) is 98.6 cm³/mol. The fourth-order valence-corrected chi connectivity index (χ4v) is 3.15. The molecule has 0 aliphatic carbocycles. The summed E-state index contributed by atoms with van der Waals surface area (Å²) in [5.74, 6) is 0.476. The predicted octanol–water partition coefficient (Wildman–Crippen LogP) is 3.81. The van der Waals surface area contributed by atoms with Crippen LogP contribution in [-0.4, -0.2) is 22.0 Å². The van der Waals surface area contributed by atoms with E-state index in [2.05, 4.69) is 43.2 Å². The molecule has 1 aromatic carbocycles. The van der Waals surface area contributed by atoms with Crippen LogP contribution in [0.3, 0.4) is 0 Å². The Morgan fingerprint density at radius 2 is 2.20 bits per heavy atom. The summed E-state index contributed by atoms with van der Waals surface area (Å²) in [6.07, 6.45) is 8.40.